The van der Waals surface area contributed by atoms with Gasteiger partial charge in [0.2, 0.25) is 0 Å². The number of nitrogens with two attached hydrogens (primary N) is 1. The van der Waals surface area contributed by atoms with E-state index in [1.165, 1.54) is 18.1 Å². The number of hydrogen-bond donors (Lipinski definition) is 2. The molecule has 0 amide bonds. The van der Waals surface area contributed by atoms with Gasteiger partial charge in [0.05, 0.1) is 0 Å². The minimum atomic E-state index is -0.0153. The molecule has 0 aliphatic carbocycles. The van der Waals surface area contributed by atoms with E-state index in [4.69, 9.17) is 5.73 Å². The number of nitrogen functional groups attached to an aromatic ring is 1. The van der Waals surface area contributed by atoms with Gasteiger partial charge in [-0.15, -0.1) is 0 Å². The van der Waals surface area contributed by atoms with Crippen LogP contribution in [0.15, 0.2) is 42.5 Å². The van der Waals surface area contributed by atoms with Crippen LogP contribution in [-0.2, 0) is 13.0 Å². The second kappa shape index (κ2) is 6.24. The molecule has 0 saturated carbocycles. The minimum Gasteiger partial charge on any atom is -0.398 e. The summed E-state index contributed by atoms with van der Waals surface area (Å²) in [6, 6.07) is 14.0. The molecule has 2 aromatic rings. The zero-order valence-corrected chi connectivity index (χ0v) is 11.9. The van der Waals surface area contributed by atoms with E-state index in [9.17, 15) is 4.79 Å². The fourth-order valence-corrected chi connectivity index (χ4v) is 2.07. The van der Waals surface area contributed by atoms with Crippen molar-refractivity contribution in [2.24, 2.45) is 0 Å². The number of carbonyl (C=O) groups excluding carboxylic acids is 1. The van der Waals surface area contributed by atoms with Gasteiger partial charge in [-0.1, -0.05) is 31.2 Å². The predicted molar refractivity (Wildman–Crippen MR) is 84.0 cm³/mol. The van der Waals surface area contributed by atoms with Crippen LogP contribution in [0.5, 0.6) is 0 Å². The van der Waals surface area contributed by atoms with Crippen molar-refractivity contribution in [1.29, 1.82) is 0 Å². The minimum absolute atomic E-state index is 0.0153. The van der Waals surface area contributed by atoms with Crippen LogP contribution in [0.4, 0.5) is 11.4 Å². The first-order chi connectivity index (χ1) is 9.60. The molecule has 3 heteroatoms. The number of hydrogen-bond acceptors (Lipinski definition) is 3. The molecule has 0 spiro atoms. The lowest BCUT2D eigenvalue weighted by Crippen LogP contribution is -2.03. The van der Waals surface area contributed by atoms with Gasteiger partial charge in [0, 0.05) is 23.5 Å². The molecular weight excluding hydrogens is 248 g/mol. The number of nitrogens with one attached hydrogen (secondary N) is 1. The zero-order valence-electron chi connectivity index (χ0n) is 11.9. The van der Waals surface area contributed by atoms with Crippen molar-refractivity contribution in [2.45, 2.75) is 26.8 Å². The Balaban J connectivity index is 2.06. The number of benzene rings is 2. The summed E-state index contributed by atoms with van der Waals surface area (Å²) in [6.07, 6.45) is 1.05. The molecule has 0 atom stereocenters. The summed E-state index contributed by atoms with van der Waals surface area (Å²) in [4.78, 5) is 11.5. The monoisotopic (exact) mass is 268 g/mol. The van der Waals surface area contributed by atoms with Crippen LogP contribution in [0.2, 0.25) is 0 Å². The number of aryl methyl sites for hydroxylation is 1. The van der Waals surface area contributed by atoms with Crippen LogP contribution in [0.1, 0.15) is 35.3 Å². The summed E-state index contributed by atoms with van der Waals surface area (Å²) in [5, 5.41) is 3.31. The lowest BCUT2D eigenvalue weighted by molar-refractivity contribution is 0.101. The van der Waals surface area contributed by atoms with Gasteiger partial charge in [-0.2, -0.15) is 0 Å². The van der Waals surface area contributed by atoms with Crippen molar-refractivity contribution in [2.75, 3.05) is 11.1 Å². The molecule has 104 valence electrons. The van der Waals surface area contributed by atoms with Crippen molar-refractivity contribution in [3.05, 3.63) is 59.2 Å². The van der Waals surface area contributed by atoms with Gasteiger partial charge in [-0.05, 0) is 42.7 Å². The third-order valence-corrected chi connectivity index (χ3v) is 3.36. The topological polar surface area (TPSA) is 55.1 Å². The Bertz CT molecular complexity index is 603. The maximum absolute atomic E-state index is 11.5. The van der Waals surface area contributed by atoms with E-state index in [1.54, 1.807) is 12.1 Å². The predicted octanol–water partition coefficient (Wildman–Crippen LogP) is 3.65. The Kier molecular flexibility index (Phi) is 4.41. The van der Waals surface area contributed by atoms with Crippen molar-refractivity contribution in [3.63, 3.8) is 0 Å². The fraction of sp³-hybridized carbons (Fsp3) is 0.235. The molecule has 3 nitrogen and oxygen atoms in total. The molecule has 0 bridgehead atoms. The summed E-state index contributed by atoms with van der Waals surface area (Å²) < 4.78 is 0. The van der Waals surface area contributed by atoms with Gasteiger partial charge in [-0.25, -0.2) is 0 Å². The first kappa shape index (κ1) is 14.1. The van der Waals surface area contributed by atoms with Gasteiger partial charge < -0.3 is 11.1 Å². The van der Waals surface area contributed by atoms with E-state index >= 15 is 0 Å². The highest BCUT2D eigenvalue weighted by Gasteiger charge is 2.05. The SMILES string of the molecule is CCc1ccc(CNc2ccc(N)c(C(C)=O)c2)cc1. The van der Waals surface area contributed by atoms with Crippen LogP contribution in [0, 0.1) is 0 Å². The summed E-state index contributed by atoms with van der Waals surface area (Å²) in [6.45, 7) is 4.40. The van der Waals surface area contributed by atoms with E-state index in [2.05, 4.69) is 36.5 Å². The average Bonchev–Trinajstić information content (AvgIpc) is 2.46. The molecule has 0 fully saturated rings. The third kappa shape index (κ3) is 3.38. The summed E-state index contributed by atoms with van der Waals surface area (Å²) in [7, 11) is 0. The van der Waals surface area contributed by atoms with Crippen molar-refractivity contribution >= 4 is 17.2 Å². The van der Waals surface area contributed by atoms with E-state index in [0.29, 0.717) is 11.3 Å². The Hall–Kier alpha value is -2.29. The van der Waals surface area contributed by atoms with Gasteiger partial charge in [0.25, 0.3) is 0 Å². The van der Waals surface area contributed by atoms with Crippen LogP contribution in [-0.4, -0.2) is 5.78 Å². The molecule has 0 radical (unpaired) electrons. The molecule has 3 N–H and O–H groups in total. The van der Waals surface area contributed by atoms with Crippen molar-refractivity contribution in [3.8, 4) is 0 Å². The number of rotatable bonds is 5. The average molecular weight is 268 g/mol. The zero-order chi connectivity index (χ0) is 14.5. The molecule has 0 aliphatic heterocycles. The van der Waals surface area contributed by atoms with Crippen LogP contribution < -0.4 is 11.1 Å². The molecule has 2 rings (SSSR count). The number of anilines is 2. The smallest absolute Gasteiger partial charge is 0.161 e. The van der Waals surface area contributed by atoms with E-state index in [0.717, 1.165) is 18.7 Å². The van der Waals surface area contributed by atoms with E-state index in [-0.39, 0.29) is 5.78 Å². The van der Waals surface area contributed by atoms with Crippen molar-refractivity contribution < 1.29 is 4.79 Å². The highest BCUT2D eigenvalue weighted by Crippen LogP contribution is 2.19. The Morgan fingerprint density at radius 2 is 1.75 bits per heavy atom. The summed E-state index contributed by atoms with van der Waals surface area (Å²) in [5.41, 5.74) is 10.3. The lowest BCUT2D eigenvalue weighted by Gasteiger charge is -2.10. The van der Waals surface area contributed by atoms with Gasteiger partial charge in [0.1, 0.15) is 0 Å². The Morgan fingerprint density at radius 3 is 2.35 bits per heavy atom. The molecule has 0 heterocycles. The van der Waals surface area contributed by atoms with Gasteiger partial charge >= 0.3 is 0 Å². The number of ketones is 1. The summed E-state index contributed by atoms with van der Waals surface area (Å²) >= 11 is 0. The van der Waals surface area contributed by atoms with Gasteiger partial charge in [-0.3, -0.25) is 4.79 Å². The standard InChI is InChI=1S/C17H20N2O/c1-3-13-4-6-14(7-5-13)11-19-15-8-9-17(18)16(10-15)12(2)20/h4-10,19H,3,11,18H2,1-2H3. The second-order valence-corrected chi connectivity index (χ2v) is 4.88. The molecule has 20 heavy (non-hydrogen) atoms. The molecular formula is C17H20N2O. The first-order valence-electron chi connectivity index (χ1n) is 6.82. The van der Waals surface area contributed by atoms with Crippen LogP contribution in [0.25, 0.3) is 0 Å². The molecule has 0 unspecified atom stereocenters. The summed E-state index contributed by atoms with van der Waals surface area (Å²) in [5.74, 6) is -0.0153. The van der Waals surface area contributed by atoms with Crippen LogP contribution in [0.3, 0.4) is 0 Å². The van der Waals surface area contributed by atoms with Gasteiger partial charge in [0.15, 0.2) is 5.78 Å². The quantitative estimate of drug-likeness (QED) is 0.643. The molecule has 2 aromatic carbocycles. The maximum Gasteiger partial charge on any atom is 0.161 e. The first-order valence-corrected chi connectivity index (χ1v) is 6.82. The second-order valence-electron chi connectivity index (χ2n) is 4.88. The normalized spacial score (nSPS) is 10.3. The molecule has 0 saturated heterocycles. The lowest BCUT2D eigenvalue weighted by atomic mass is 10.1. The largest absolute Gasteiger partial charge is 0.398 e. The Labute approximate surface area is 119 Å². The number of carbonyl (C=O) groups is 1. The van der Waals surface area contributed by atoms with Crippen molar-refractivity contribution in [1.82, 2.24) is 0 Å². The van der Waals surface area contributed by atoms with E-state index < -0.39 is 0 Å². The third-order valence-electron chi connectivity index (χ3n) is 3.36. The maximum atomic E-state index is 11.5. The fourth-order valence-electron chi connectivity index (χ4n) is 2.07. The molecule has 0 aliphatic rings. The van der Waals surface area contributed by atoms with E-state index in [1.807, 2.05) is 6.07 Å². The molecule has 0 aromatic heterocycles. The van der Waals surface area contributed by atoms with Crippen LogP contribution >= 0.6 is 0 Å². The highest BCUT2D eigenvalue weighted by molar-refractivity contribution is 6.00. The number of Topliss-reactive ketones (excluding diaryl/α,β-unsaturated/α-hetero) is 1. The Morgan fingerprint density at radius 1 is 1.10 bits per heavy atom. The highest BCUT2D eigenvalue weighted by atomic mass is 16.1.